The Morgan fingerprint density at radius 2 is 1.65 bits per heavy atom. The summed E-state index contributed by atoms with van der Waals surface area (Å²) in [7, 11) is -2.70. The molecule has 11 nitrogen and oxygen atoms in total. The van der Waals surface area contributed by atoms with E-state index in [4.69, 9.17) is 22.8 Å². The zero-order valence-electron chi connectivity index (χ0n) is 22.0. The van der Waals surface area contributed by atoms with Crippen LogP contribution in [0.2, 0.25) is 6.04 Å². The van der Waals surface area contributed by atoms with Crippen molar-refractivity contribution < 1.29 is 32.3 Å². The van der Waals surface area contributed by atoms with Gasteiger partial charge >= 0.3 is 14.9 Å². The normalized spacial score (nSPS) is 11.4. The molecule has 37 heavy (non-hydrogen) atoms. The molecule has 206 valence electrons. The number of amides is 2. The lowest BCUT2D eigenvalue weighted by Crippen LogP contribution is -2.46. The highest BCUT2D eigenvalue weighted by atomic mass is 28.4. The van der Waals surface area contributed by atoms with E-state index in [1.165, 1.54) is 0 Å². The zero-order chi connectivity index (χ0) is 26.8. The summed E-state index contributed by atoms with van der Waals surface area (Å²) in [6.07, 6.45) is 1.86. The standard InChI is InChI=1S/C25H40N4O7Si/c1-4-34-37(35-5-2,36-6-3)19-9-14-28-25(31)33-18-17-32-16-15-26-20-23(30)29-22-12-7-10-21-11-8-13-27-24(21)22/h7-8,10-13,26H,4-6,9,14-20H2,1-3H3,(H,28,31)(H,29,30). The predicted molar refractivity (Wildman–Crippen MR) is 143 cm³/mol. The van der Waals surface area contributed by atoms with Crippen molar-refractivity contribution in [1.29, 1.82) is 0 Å². The summed E-state index contributed by atoms with van der Waals surface area (Å²) in [5.74, 6) is -0.165. The SMILES string of the molecule is CCO[Si](CCCNC(=O)OCCOCCNCC(=O)Nc1cccc2cccnc12)(OCC)OCC. The van der Waals surface area contributed by atoms with Gasteiger partial charge in [-0.1, -0.05) is 18.2 Å². The van der Waals surface area contributed by atoms with E-state index >= 15 is 0 Å². The van der Waals surface area contributed by atoms with Gasteiger partial charge in [0.1, 0.15) is 6.61 Å². The second-order valence-corrected chi connectivity index (χ2v) is 10.6. The van der Waals surface area contributed by atoms with Crippen LogP contribution >= 0.6 is 0 Å². The number of nitrogens with one attached hydrogen (secondary N) is 3. The van der Waals surface area contributed by atoms with E-state index in [0.717, 1.165) is 10.9 Å². The molecule has 0 radical (unpaired) electrons. The molecule has 0 fully saturated rings. The van der Waals surface area contributed by atoms with E-state index in [1.54, 1.807) is 6.20 Å². The van der Waals surface area contributed by atoms with Crippen LogP contribution in [0.25, 0.3) is 10.9 Å². The first kappa shape index (κ1) is 30.6. The lowest BCUT2D eigenvalue weighted by molar-refractivity contribution is -0.115. The number of nitrogens with zero attached hydrogens (tertiary/aromatic N) is 1. The van der Waals surface area contributed by atoms with Crippen molar-refractivity contribution >= 4 is 37.4 Å². The number of benzene rings is 1. The minimum Gasteiger partial charge on any atom is -0.447 e. The molecule has 1 aromatic heterocycles. The molecule has 0 saturated heterocycles. The summed E-state index contributed by atoms with van der Waals surface area (Å²) in [6.45, 7) is 9.14. The average molecular weight is 537 g/mol. The molecule has 0 unspecified atom stereocenters. The first-order valence-corrected chi connectivity index (χ1v) is 14.7. The van der Waals surface area contributed by atoms with Gasteiger partial charge in [-0.25, -0.2) is 4.79 Å². The van der Waals surface area contributed by atoms with E-state index in [0.29, 0.717) is 57.7 Å². The number of carbonyl (C=O) groups excluding carboxylic acids is 2. The molecule has 0 aliphatic rings. The summed E-state index contributed by atoms with van der Waals surface area (Å²) in [4.78, 5) is 28.4. The van der Waals surface area contributed by atoms with Gasteiger partial charge in [-0.2, -0.15) is 0 Å². The minimum absolute atomic E-state index is 0.135. The Hall–Kier alpha value is -2.61. The van der Waals surface area contributed by atoms with Crippen LogP contribution in [-0.4, -0.2) is 85.1 Å². The highest BCUT2D eigenvalue weighted by Crippen LogP contribution is 2.20. The van der Waals surface area contributed by atoms with Gasteiger partial charge in [0.25, 0.3) is 0 Å². The third-order valence-electron chi connectivity index (χ3n) is 5.10. The number of alkyl carbamates (subject to hydrolysis) is 1. The lowest BCUT2D eigenvalue weighted by atomic mass is 10.2. The van der Waals surface area contributed by atoms with Crippen LogP contribution in [0.15, 0.2) is 36.5 Å². The fraction of sp³-hybridized carbons (Fsp3) is 0.560. The van der Waals surface area contributed by atoms with Gasteiger partial charge in [-0.3, -0.25) is 9.78 Å². The van der Waals surface area contributed by atoms with Gasteiger partial charge in [0, 0.05) is 50.5 Å². The molecular formula is C25H40N4O7Si. The van der Waals surface area contributed by atoms with E-state index in [-0.39, 0.29) is 25.7 Å². The van der Waals surface area contributed by atoms with Gasteiger partial charge in [-0.05, 0) is 39.3 Å². The van der Waals surface area contributed by atoms with Crippen LogP contribution in [0.4, 0.5) is 10.5 Å². The topological polar surface area (TPSA) is 129 Å². The smallest absolute Gasteiger partial charge is 0.447 e. The van der Waals surface area contributed by atoms with E-state index in [1.807, 2.05) is 51.1 Å². The molecule has 2 rings (SSSR count). The van der Waals surface area contributed by atoms with Crippen molar-refractivity contribution in [3.05, 3.63) is 36.5 Å². The maximum absolute atomic E-state index is 12.2. The first-order valence-electron chi connectivity index (χ1n) is 12.8. The maximum Gasteiger partial charge on any atom is 0.500 e. The van der Waals surface area contributed by atoms with Gasteiger partial charge in [0.05, 0.1) is 31.0 Å². The van der Waals surface area contributed by atoms with Crippen LogP contribution in [0.5, 0.6) is 0 Å². The number of pyridine rings is 1. The van der Waals surface area contributed by atoms with Gasteiger partial charge in [-0.15, -0.1) is 0 Å². The van der Waals surface area contributed by atoms with Gasteiger partial charge in [0.15, 0.2) is 0 Å². The fourth-order valence-corrected chi connectivity index (χ4v) is 6.20. The van der Waals surface area contributed by atoms with Crippen molar-refractivity contribution in [2.24, 2.45) is 0 Å². The van der Waals surface area contributed by atoms with Crippen molar-refractivity contribution in [2.45, 2.75) is 33.2 Å². The molecule has 2 amide bonds. The van der Waals surface area contributed by atoms with Crippen LogP contribution in [-0.2, 0) is 27.5 Å². The molecule has 1 heterocycles. The minimum atomic E-state index is -2.70. The van der Waals surface area contributed by atoms with E-state index in [9.17, 15) is 9.59 Å². The van der Waals surface area contributed by atoms with Crippen LogP contribution in [0, 0.1) is 0 Å². The number of hydrogen-bond donors (Lipinski definition) is 3. The summed E-state index contributed by atoms with van der Waals surface area (Å²) < 4.78 is 27.9. The van der Waals surface area contributed by atoms with E-state index in [2.05, 4.69) is 20.9 Å². The number of aromatic nitrogens is 1. The Kier molecular flexibility index (Phi) is 14.7. The molecule has 2 aromatic rings. The summed E-state index contributed by atoms with van der Waals surface area (Å²) in [5, 5.41) is 9.57. The summed E-state index contributed by atoms with van der Waals surface area (Å²) >= 11 is 0. The van der Waals surface area contributed by atoms with Crippen LogP contribution < -0.4 is 16.0 Å². The Morgan fingerprint density at radius 1 is 0.919 bits per heavy atom. The van der Waals surface area contributed by atoms with E-state index < -0.39 is 14.9 Å². The molecule has 0 aliphatic heterocycles. The molecule has 0 spiro atoms. The molecule has 1 aromatic carbocycles. The van der Waals surface area contributed by atoms with Crippen molar-refractivity contribution in [2.75, 3.05) is 64.6 Å². The Labute approximate surface area is 219 Å². The lowest BCUT2D eigenvalue weighted by Gasteiger charge is -2.28. The van der Waals surface area contributed by atoms with Crippen molar-refractivity contribution in [3.8, 4) is 0 Å². The average Bonchev–Trinajstić information content (AvgIpc) is 2.89. The summed E-state index contributed by atoms with van der Waals surface area (Å²) in [6, 6.07) is 10.1. The Morgan fingerprint density at radius 3 is 2.38 bits per heavy atom. The number of hydrogen-bond acceptors (Lipinski definition) is 9. The third kappa shape index (κ3) is 11.5. The molecule has 0 aliphatic carbocycles. The number of para-hydroxylation sites is 1. The Bertz CT molecular complexity index is 928. The molecule has 0 saturated carbocycles. The first-order chi connectivity index (χ1) is 18.0. The largest absolute Gasteiger partial charge is 0.500 e. The van der Waals surface area contributed by atoms with Gasteiger partial charge < -0.3 is 38.7 Å². The molecule has 3 N–H and O–H groups in total. The third-order valence-corrected chi connectivity index (χ3v) is 8.25. The van der Waals surface area contributed by atoms with Gasteiger partial charge in [0.2, 0.25) is 5.91 Å². The molecule has 12 heteroatoms. The van der Waals surface area contributed by atoms with Crippen LogP contribution in [0.1, 0.15) is 27.2 Å². The number of ether oxygens (including phenoxy) is 2. The highest BCUT2D eigenvalue weighted by molar-refractivity contribution is 6.60. The molecule has 0 bridgehead atoms. The maximum atomic E-state index is 12.2. The van der Waals surface area contributed by atoms with Crippen LogP contribution in [0.3, 0.4) is 0 Å². The predicted octanol–water partition coefficient (Wildman–Crippen LogP) is 2.94. The molecule has 0 atom stereocenters. The van der Waals surface area contributed by atoms with Crippen molar-refractivity contribution in [3.63, 3.8) is 0 Å². The quantitative estimate of drug-likeness (QED) is 0.183. The monoisotopic (exact) mass is 536 g/mol. The second-order valence-electron chi connectivity index (χ2n) is 7.87. The van der Waals surface area contributed by atoms with Crippen molar-refractivity contribution in [1.82, 2.24) is 15.6 Å². The second kappa shape index (κ2) is 17.8. The molecular weight excluding hydrogens is 496 g/mol. The number of anilines is 1. The highest BCUT2D eigenvalue weighted by Gasteiger charge is 2.39. The Balaban J connectivity index is 1.50. The number of fused-ring (bicyclic) bond motifs is 1. The zero-order valence-corrected chi connectivity index (χ0v) is 23.0. The number of carbonyl (C=O) groups is 2. The fourth-order valence-electron chi connectivity index (χ4n) is 3.59. The summed E-state index contributed by atoms with van der Waals surface area (Å²) in [5.41, 5.74) is 1.43. The number of rotatable bonds is 19.